The lowest BCUT2D eigenvalue weighted by Crippen LogP contribution is -2.37. The molecule has 110 valence electrons. The third-order valence-corrected chi connectivity index (χ3v) is 4.33. The quantitative estimate of drug-likeness (QED) is 0.782. The molecule has 0 saturated carbocycles. The standard InChI is InChI=1S/C13H13N3O4S/c1-15-11(9-3-2-4-18-9)14-16(13(15)21)7-5-8(17)12-19-6-10(7)20-12/h2-4,7,10,12H,5-6H2,1H3. The largest absolute Gasteiger partial charge is 0.461 e. The summed E-state index contributed by atoms with van der Waals surface area (Å²) in [5, 5.41) is 4.52. The fraction of sp³-hybridized carbons (Fsp3) is 0.462. The van der Waals surface area contributed by atoms with Gasteiger partial charge in [-0.2, -0.15) is 0 Å². The van der Waals surface area contributed by atoms with Gasteiger partial charge in [0.25, 0.3) is 0 Å². The van der Waals surface area contributed by atoms with Crippen LogP contribution in [0.15, 0.2) is 22.8 Å². The van der Waals surface area contributed by atoms with E-state index in [4.69, 9.17) is 26.1 Å². The van der Waals surface area contributed by atoms with Gasteiger partial charge in [-0.25, -0.2) is 4.68 Å². The van der Waals surface area contributed by atoms with E-state index in [9.17, 15) is 4.79 Å². The van der Waals surface area contributed by atoms with E-state index < -0.39 is 6.29 Å². The number of Topliss-reactive ketones (excluding diaryl/α,β-unsaturated/α-hetero) is 1. The van der Waals surface area contributed by atoms with Crippen LogP contribution < -0.4 is 0 Å². The predicted octanol–water partition coefficient (Wildman–Crippen LogP) is 1.47. The van der Waals surface area contributed by atoms with Gasteiger partial charge in [-0.15, -0.1) is 5.10 Å². The summed E-state index contributed by atoms with van der Waals surface area (Å²) in [6, 6.07) is 3.37. The lowest BCUT2D eigenvalue weighted by Gasteiger charge is -2.26. The molecule has 0 spiro atoms. The zero-order valence-electron chi connectivity index (χ0n) is 11.3. The average Bonchev–Trinajstić information content (AvgIpc) is 3.18. The maximum atomic E-state index is 11.9. The summed E-state index contributed by atoms with van der Waals surface area (Å²) in [7, 11) is 1.82. The molecule has 21 heavy (non-hydrogen) atoms. The number of fused-ring (bicyclic) bond motifs is 2. The number of hydrogen-bond acceptors (Lipinski definition) is 6. The molecule has 3 atom stereocenters. The third-order valence-electron chi connectivity index (χ3n) is 3.87. The lowest BCUT2D eigenvalue weighted by molar-refractivity contribution is -0.156. The van der Waals surface area contributed by atoms with Crippen LogP contribution in [0.1, 0.15) is 12.5 Å². The first kappa shape index (κ1) is 12.9. The van der Waals surface area contributed by atoms with Gasteiger partial charge in [0.1, 0.15) is 6.10 Å². The molecule has 3 unspecified atom stereocenters. The molecule has 2 aromatic heterocycles. The third kappa shape index (κ3) is 1.90. The molecule has 0 aliphatic carbocycles. The Morgan fingerprint density at radius 2 is 2.33 bits per heavy atom. The average molecular weight is 307 g/mol. The highest BCUT2D eigenvalue weighted by Crippen LogP contribution is 2.33. The molecule has 0 radical (unpaired) electrons. The number of aromatic nitrogens is 3. The molecule has 0 amide bonds. The summed E-state index contributed by atoms with van der Waals surface area (Å²) in [5.41, 5.74) is 0. The summed E-state index contributed by atoms with van der Waals surface area (Å²) in [5.74, 6) is 1.19. The highest BCUT2D eigenvalue weighted by molar-refractivity contribution is 7.71. The molecule has 0 aromatic carbocycles. The Hall–Kier alpha value is -1.77. The monoisotopic (exact) mass is 307 g/mol. The van der Waals surface area contributed by atoms with Crippen LogP contribution in [0.5, 0.6) is 0 Å². The van der Waals surface area contributed by atoms with Crippen molar-refractivity contribution < 1.29 is 18.7 Å². The van der Waals surface area contributed by atoms with Crippen LogP contribution in [0.4, 0.5) is 0 Å². The minimum Gasteiger partial charge on any atom is -0.461 e. The molecular formula is C13H13N3O4S. The van der Waals surface area contributed by atoms with E-state index in [-0.39, 0.29) is 17.9 Å². The smallest absolute Gasteiger partial charge is 0.218 e. The maximum Gasteiger partial charge on any atom is 0.218 e. The van der Waals surface area contributed by atoms with Gasteiger partial charge in [0, 0.05) is 13.5 Å². The Kier molecular flexibility index (Phi) is 2.84. The van der Waals surface area contributed by atoms with Gasteiger partial charge in [-0.3, -0.25) is 4.79 Å². The first-order valence-corrected chi connectivity index (χ1v) is 7.05. The van der Waals surface area contributed by atoms with Crippen LogP contribution in [-0.2, 0) is 21.3 Å². The van der Waals surface area contributed by atoms with Crippen LogP contribution in [0.2, 0.25) is 0 Å². The van der Waals surface area contributed by atoms with Crippen LogP contribution in [0.25, 0.3) is 11.6 Å². The molecule has 4 rings (SSSR count). The van der Waals surface area contributed by atoms with Gasteiger partial charge in [-0.1, -0.05) is 0 Å². The Bertz CT molecular complexity index is 748. The van der Waals surface area contributed by atoms with Gasteiger partial charge < -0.3 is 18.5 Å². The second kappa shape index (κ2) is 4.62. The summed E-state index contributed by atoms with van der Waals surface area (Å²) < 4.78 is 20.2. The Balaban J connectivity index is 1.77. The minimum absolute atomic E-state index is 0.0687. The second-order valence-electron chi connectivity index (χ2n) is 5.16. The lowest BCUT2D eigenvalue weighted by atomic mass is 10.0. The Morgan fingerprint density at radius 3 is 3.10 bits per heavy atom. The van der Waals surface area contributed by atoms with E-state index in [1.165, 1.54) is 0 Å². The van der Waals surface area contributed by atoms with Crippen LogP contribution >= 0.6 is 12.2 Å². The minimum atomic E-state index is -0.714. The van der Waals surface area contributed by atoms with E-state index in [1.807, 2.05) is 13.1 Å². The first-order valence-electron chi connectivity index (χ1n) is 6.64. The molecule has 2 saturated heterocycles. The van der Waals surface area contributed by atoms with Crippen LogP contribution in [0, 0.1) is 4.77 Å². The van der Waals surface area contributed by atoms with E-state index in [0.717, 1.165) is 0 Å². The topological polar surface area (TPSA) is 71.4 Å². The van der Waals surface area contributed by atoms with Crippen LogP contribution in [-0.4, -0.2) is 39.1 Å². The normalized spacial score (nSPS) is 28.2. The zero-order valence-corrected chi connectivity index (χ0v) is 12.1. The molecule has 2 aliphatic rings. The molecule has 7 nitrogen and oxygen atoms in total. The van der Waals surface area contributed by atoms with Gasteiger partial charge in [0.2, 0.25) is 6.29 Å². The number of ketones is 1. The van der Waals surface area contributed by atoms with Crippen molar-refractivity contribution in [3.63, 3.8) is 0 Å². The summed E-state index contributed by atoms with van der Waals surface area (Å²) in [6.45, 7) is 0.384. The highest BCUT2D eigenvalue weighted by atomic mass is 32.1. The maximum absolute atomic E-state index is 11.9. The van der Waals surface area contributed by atoms with Crippen molar-refractivity contribution in [3.8, 4) is 11.6 Å². The molecule has 2 aromatic rings. The van der Waals surface area contributed by atoms with Crippen molar-refractivity contribution in [2.75, 3.05) is 6.61 Å². The SMILES string of the molecule is Cn1c(-c2ccco2)nn(C2CC(=O)C3OCC2O3)c1=S. The number of hydrogen-bond donors (Lipinski definition) is 0. The molecular weight excluding hydrogens is 294 g/mol. The molecule has 2 fully saturated rings. The Labute approximate surface area is 125 Å². The molecule has 4 heterocycles. The second-order valence-corrected chi connectivity index (χ2v) is 5.53. The first-order chi connectivity index (χ1) is 10.1. The van der Waals surface area contributed by atoms with Gasteiger partial charge in [0.15, 0.2) is 22.1 Å². The molecule has 0 N–H and O–H groups in total. The molecule has 2 aliphatic heterocycles. The predicted molar refractivity (Wildman–Crippen MR) is 73.0 cm³/mol. The Morgan fingerprint density at radius 1 is 1.48 bits per heavy atom. The van der Waals surface area contributed by atoms with Crippen molar-refractivity contribution in [3.05, 3.63) is 23.2 Å². The van der Waals surface area contributed by atoms with Crippen molar-refractivity contribution >= 4 is 18.0 Å². The van der Waals surface area contributed by atoms with E-state index >= 15 is 0 Å². The van der Waals surface area contributed by atoms with Gasteiger partial charge in [-0.05, 0) is 24.4 Å². The fourth-order valence-corrected chi connectivity index (χ4v) is 3.02. The van der Waals surface area contributed by atoms with Crippen molar-refractivity contribution in [1.29, 1.82) is 0 Å². The van der Waals surface area contributed by atoms with E-state index in [2.05, 4.69) is 5.10 Å². The van der Waals surface area contributed by atoms with Crippen molar-refractivity contribution in [1.82, 2.24) is 14.3 Å². The number of nitrogens with zero attached hydrogens (tertiary/aromatic N) is 3. The number of ether oxygens (including phenoxy) is 2. The number of furan rings is 1. The highest BCUT2D eigenvalue weighted by Gasteiger charge is 2.45. The van der Waals surface area contributed by atoms with Gasteiger partial charge >= 0.3 is 0 Å². The summed E-state index contributed by atoms with van der Waals surface area (Å²) >= 11 is 5.44. The van der Waals surface area contributed by atoms with Crippen molar-refractivity contribution in [2.24, 2.45) is 7.05 Å². The number of rotatable bonds is 2. The number of carbonyl (C=O) groups is 1. The fourth-order valence-electron chi connectivity index (χ4n) is 2.76. The summed E-state index contributed by atoms with van der Waals surface area (Å²) in [4.78, 5) is 11.9. The van der Waals surface area contributed by atoms with Gasteiger partial charge in [0.05, 0.1) is 18.9 Å². The van der Waals surface area contributed by atoms with E-state index in [1.54, 1.807) is 21.6 Å². The molecule has 2 bridgehead atoms. The summed E-state index contributed by atoms with van der Waals surface area (Å²) in [6.07, 6.45) is 0.991. The van der Waals surface area contributed by atoms with E-state index in [0.29, 0.717) is 29.4 Å². The number of carbonyl (C=O) groups excluding carboxylic acids is 1. The zero-order chi connectivity index (χ0) is 14.6. The van der Waals surface area contributed by atoms with Crippen LogP contribution in [0.3, 0.4) is 0 Å². The van der Waals surface area contributed by atoms with Crippen molar-refractivity contribution in [2.45, 2.75) is 24.9 Å². The molecule has 8 heteroatoms.